The monoisotopic (exact) mass is 215 g/mol. The SMILES string of the molecule is CC(C)CCOC(=O)N(C(C)C)C(C)C. The average molecular weight is 215 g/mol. The standard InChI is InChI=1S/C12H25NO2/c1-9(2)7-8-15-12(14)13(10(3)4)11(5)6/h9-11H,7-8H2,1-6H3. The van der Waals surface area contributed by atoms with Crippen LogP contribution in [0.3, 0.4) is 0 Å². The van der Waals surface area contributed by atoms with E-state index in [-0.39, 0.29) is 18.2 Å². The van der Waals surface area contributed by atoms with Gasteiger partial charge in [-0.25, -0.2) is 4.79 Å². The minimum absolute atomic E-state index is 0.191. The summed E-state index contributed by atoms with van der Waals surface area (Å²) in [5, 5.41) is 0. The van der Waals surface area contributed by atoms with Crippen molar-refractivity contribution in [2.75, 3.05) is 6.61 Å². The van der Waals surface area contributed by atoms with Gasteiger partial charge in [0.25, 0.3) is 0 Å². The van der Waals surface area contributed by atoms with Gasteiger partial charge < -0.3 is 9.64 Å². The van der Waals surface area contributed by atoms with Crippen molar-refractivity contribution >= 4 is 6.09 Å². The first-order valence-corrected chi connectivity index (χ1v) is 5.81. The van der Waals surface area contributed by atoms with Crippen molar-refractivity contribution in [3.63, 3.8) is 0 Å². The van der Waals surface area contributed by atoms with Crippen LogP contribution in [0.15, 0.2) is 0 Å². The lowest BCUT2D eigenvalue weighted by Crippen LogP contribution is -2.42. The molecule has 0 saturated heterocycles. The number of rotatable bonds is 5. The fourth-order valence-electron chi connectivity index (χ4n) is 1.47. The van der Waals surface area contributed by atoms with E-state index in [1.165, 1.54) is 0 Å². The molecule has 0 heterocycles. The summed E-state index contributed by atoms with van der Waals surface area (Å²) < 4.78 is 5.22. The molecule has 3 nitrogen and oxygen atoms in total. The lowest BCUT2D eigenvalue weighted by molar-refractivity contribution is 0.0760. The van der Waals surface area contributed by atoms with Crippen molar-refractivity contribution in [2.45, 2.75) is 60.0 Å². The molecule has 1 amide bonds. The Hall–Kier alpha value is -0.730. The zero-order valence-corrected chi connectivity index (χ0v) is 10.9. The molecule has 0 radical (unpaired) electrons. The van der Waals surface area contributed by atoms with Gasteiger partial charge in [-0.2, -0.15) is 0 Å². The van der Waals surface area contributed by atoms with E-state index in [1.54, 1.807) is 4.90 Å². The first-order chi connectivity index (χ1) is 6.86. The number of hydrogen-bond donors (Lipinski definition) is 0. The summed E-state index contributed by atoms with van der Waals surface area (Å²) in [6.45, 7) is 12.8. The van der Waals surface area contributed by atoms with Crippen LogP contribution in [0.25, 0.3) is 0 Å². The van der Waals surface area contributed by atoms with Gasteiger partial charge in [0.1, 0.15) is 0 Å². The van der Waals surface area contributed by atoms with E-state index >= 15 is 0 Å². The predicted octanol–water partition coefficient (Wildman–Crippen LogP) is 3.29. The fourth-order valence-corrected chi connectivity index (χ4v) is 1.47. The highest BCUT2D eigenvalue weighted by molar-refractivity contribution is 5.68. The molecule has 0 atom stereocenters. The van der Waals surface area contributed by atoms with Crippen LogP contribution in [-0.4, -0.2) is 29.7 Å². The second kappa shape index (κ2) is 6.70. The molecule has 0 aliphatic heterocycles. The highest BCUT2D eigenvalue weighted by atomic mass is 16.6. The topological polar surface area (TPSA) is 29.5 Å². The zero-order valence-electron chi connectivity index (χ0n) is 10.9. The van der Waals surface area contributed by atoms with Crippen LogP contribution in [0.5, 0.6) is 0 Å². The first kappa shape index (κ1) is 14.3. The van der Waals surface area contributed by atoms with Gasteiger partial charge >= 0.3 is 6.09 Å². The number of ether oxygens (including phenoxy) is 1. The molecule has 0 aliphatic rings. The molecule has 0 fully saturated rings. The molecule has 0 unspecified atom stereocenters. The maximum absolute atomic E-state index is 11.7. The van der Waals surface area contributed by atoms with E-state index in [1.807, 2.05) is 27.7 Å². The molecule has 0 saturated carbocycles. The Bertz CT molecular complexity index is 180. The van der Waals surface area contributed by atoms with Gasteiger partial charge in [-0.1, -0.05) is 13.8 Å². The Morgan fingerprint density at radius 3 is 1.87 bits per heavy atom. The van der Waals surface area contributed by atoms with Crippen molar-refractivity contribution in [3.05, 3.63) is 0 Å². The Labute approximate surface area is 93.8 Å². The zero-order chi connectivity index (χ0) is 12.0. The molecular weight excluding hydrogens is 190 g/mol. The van der Waals surface area contributed by atoms with Crippen molar-refractivity contribution < 1.29 is 9.53 Å². The third-order valence-corrected chi connectivity index (χ3v) is 2.24. The molecule has 0 bridgehead atoms. The van der Waals surface area contributed by atoms with Gasteiger partial charge in [-0.3, -0.25) is 0 Å². The Morgan fingerprint density at radius 1 is 1.07 bits per heavy atom. The smallest absolute Gasteiger partial charge is 0.410 e. The van der Waals surface area contributed by atoms with Crippen LogP contribution in [0, 0.1) is 5.92 Å². The van der Waals surface area contributed by atoms with Crippen LogP contribution in [-0.2, 0) is 4.74 Å². The van der Waals surface area contributed by atoms with Crippen molar-refractivity contribution in [1.82, 2.24) is 4.90 Å². The molecule has 0 aliphatic carbocycles. The molecule has 3 heteroatoms. The third kappa shape index (κ3) is 5.65. The second-order valence-electron chi connectivity index (χ2n) is 4.89. The normalized spacial score (nSPS) is 11.3. The summed E-state index contributed by atoms with van der Waals surface area (Å²) in [6, 6.07) is 0.382. The van der Waals surface area contributed by atoms with Gasteiger partial charge in [0.2, 0.25) is 0 Å². The lowest BCUT2D eigenvalue weighted by atomic mass is 10.1. The maximum Gasteiger partial charge on any atom is 0.410 e. The summed E-state index contributed by atoms with van der Waals surface area (Å²) in [7, 11) is 0. The molecule has 0 N–H and O–H groups in total. The van der Waals surface area contributed by atoms with Crippen LogP contribution in [0.1, 0.15) is 48.0 Å². The minimum atomic E-state index is -0.194. The lowest BCUT2D eigenvalue weighted by Gasteiger charge is -2.29. The third-order valence-electron chi connectivity index (χ3n) is 2.24. The molecule has 0 rings (SSSR count). The van der Waals surface area contributed by atoms with Crippen molar-refractivity contribution in [1.29, 1.82) is 0 Å². The molecule has 0 aromatic rings. The average Bonchev–Trinajstić information content (AvgIpc) is 2.01. The van der Waals surface area contributed by atoms with Gasteiger partial charge in [-0.05, 0) is 40.0 Å². The Morgan fingerprint density at radius 2 is 1.53 bits per heavy atom. The summed E-state index contributed by atoms with van der Waals surface area (Å²) in [6.07, 6.45) is 0.733. The fraction of sp³-hybridized carbons (Fsp3) is 0.917. The molecule has 0 spiro atoms. The molecule has 0 aromatic heterocycles. The van der Waals surface area contributed by atoms with E-state index in [2.05, 4.69) is 13.8 Å². The van der Waals surface area contributed by atoms with Gasteiger partial charge in [0, 0.05) is 12.1 Å². The predicted molar refractivity (Wildman–Crippen MR) is 62.9 cm³/mol. The van der Waals surface area contributed by atoms with Crippen LogP contribution >= 0.6 is 0 Å². The van der Waals surface area contributed by atoms with E-state index in [9.17, 15) is 4.79 Å². The number of amides is 1. The van der Waals surface area contributed by atoms with E-state index < -0.39 is 0 Å². The van der Waals surface area contributed by atoms with Crippen LogP contribution in [0.2, 0.25) is 0 Å². The number of carbonyl (C=O) groups is 1. The first-order valence-electron chi connectivity index (χ1n) is 5.81. The van der Waals surface area contributed by atoms with E-state index in [0.29, 0.717) is 12.5 Å². The molecule has 15 heavy (non-hydrogen) atoms. The summed E-state index contributed by atoms with van der Waals surface area (Å²) in [4.78, 5) is 13.5. The Balaban J connectivity index is 4.04. The quantitative estimate of drug-likeness (QED) is 0.704. The van der Waals surface area contributed by atoms with Gasteiger partial charge in [0.05, 0.1) is 6.61 Å². The molecular formula is C12H25NO2. The van der Waals surface area contributed by atoms with E-state index in [4.69, 9.17) is 4.74 Å². The second-order valence-corrected chi connectivity index (χ2v) is 4.89. The van der Waals surface area contributed by atoms with Crippen LogP contribution < -0.4 is 0 Å². The number of hydrogen-bond acceptors (Lipinski definition) is 2. The number of carbonyl (C=O) groups excluding carboxylic acids is 1. The Kier molecular flexibility index (Phi) is 6.37. The van der Waals surface area contributed by atoms with Crippen molar-refractivity contribution in [2.24, 2.45) is 5.92 Å². The highest BCUT2D eigenvalue weighted by Gasteiger charge is 2.21. The van der Waals surface area contributed by atoms with E-state index in [0.717, 1.165) is 6.42 Å². The minimum Gasteiger partial charge on any atom is -0.449 e. The van der Waals surface area contributed by atoms with Crippen LogP contribution in [0.4, 0.5) is 4.79 Å². The summed E-state index contributed by atoms with van der Waals surface area (Å²) in [5.74, 6) is 0.573. The summed E-state index contributed by atoms with van der Waals surface area (Å²) in [5.41, 5.74) is 0. The largest absolute Gasteiger partial charge is 0.449 e. The van der Waals surface area contributed by atoms with Gasteiger partial charge in [0.15, 0.2) is 0 Å². The highest BCUT2D eigenvalue weighted by Crippen LogP contribution is 2.08. The maximum atomic E-state index is 11.7. The van der Waals surface area contributed by atoms with Crippen molar-refractivity contribution in [3.8, 4) is 0 Å². The van der Waals surface area contributed by atoms with Gasteiger partial charge in [-0.15, -0.1) is 0 Å². The summed E-state index contributed by atoms with van der Waals surface area (Å²) >= 11 is 0. The number of nitrogens with zero attached hydrogens (tertiary/aromatic N) is 1. The molecule has 0 aromatic carbocycles. The molecule has 90 valence electrons.